The van der Waals surface area contributed by atoms with Crippen LogP contribution in [0.4, 0.5) is 11.5 Å². The lowest BCUT2D eigenvalue weighted by Crippen LogP contribution is -2.13. The maximum absolute atomic E-state index is 12.4. The standard InChI is InChI=1S/C21H18ClN3O2/c1-14(26)16-4-8-19(9-5-16)25-21(27)17-10-11-23-20(12-17)24-13-15-2-6-18(22)7-3-15/h2-12H,13H2,1H3,(H,23,24)(H,25,27). The van der Waals surface area contributed by atoms with Gasteiger partial charge in [-0.3, -0.25) is 9.59 Å². The highest BCUT2D eigenvalue weighted by Gasteiger charge is 2.08. The molecule has 0 aliphatic carbocycles. The predicted molar refractivity (Wildman–Crippen MR) is 107 cm³/mol. The van der Waals surface area contributed by atoms with Gasteiger partial charge in [-0.2, -0.15) is 0 Å². The molecule has 136 valence electrons. The molecule has 0 atom stereocenters. The van der Waals surface area contributed by atoms with E-state index in [0.717, 1.165) is 5.56 Å². The van der Waals surface area contributed by atoms with Gasteiger partial charge in [-0.05, 0) is 61.0 Å². The van der Waals surface area contributed by atoms with E-state index in [1.165, 1.54) is 6.92 Å². The topological polar surface area (TPSA) is 71.1 Å². The number of carbonyl (C=O) groups is 2. The number of carbonyl (C=O) groups excluding carboxylic acids is 2. The van der Waals surface area contributed by atoms with Gasteiger partial charge < -0.3 is 10.6 Å². The normalized spacial score (nSPS) is 10.3. The van der Waals surface area contributed by atoms with Gasteiger partial charge in [0, 0.05) is 34.6 Å². The van der Waals surface area contributed by atoms with Crippen molar-refractivity contribution < 1.29 is 9.59 Å². The minimum Gasteiger partial charge on any atom is -0.366 e. The van der Waals surface area contributed by atoms with Crippen molar-refractivity contribution in [3.05, 3.63) is 88.6 Å². The Morgan fingerprint density at radius 2 is 1.67 bits per heavy atom. The number of nitrogens with one attached hydrogen (secondary N) is 2. The molecule has 27 heavy (non-hydrogen) atoms. The summed E-state index contributed by atoms with van der Waals surface area (Å²) in [5, 5.41) is 6.69. The summed E-state index contributed by atoms with van der Waals surface area (Å²) >= 11 is 5.88. The van der Waals surface area contributed by atoms with Crippen molar-refractivity contribution in [2.45, 2.75) is 13.5 Å². The molecule has 0 bridgehead atoms. The molecular formula is C21H18ClN3O2. The first-order chi connectivity index (χ1) is 13.0. The Labute approximate surface area is 162 Å². The number of amides is 1. The Hall–Kier alpha value is -3.18. The third-order valence-electron chi connectivity index (χ3n) is 3.96. The number of ketones is 1. The maximum Gasteiger partial charge on any atom is 0.255 e. The minimum absolute atomic E-state index is 0.0154. The van der Waals surface area contributed by atoms with Gasteiger partial charge in [-0.25, -0.2) is 4.98 Å². The van der Waals surface area contributed by atoms with Crippen LogP contribution in [-0.4, -0.2) is 16.7 Å². The number of aromatic nitrogens is 1. The lowest BCUT2D eigenvalue weighted by atomic mass is 10.1. The molecule has 5 nitrogen and oxygen atoms in total. The van der Waals surface area contributed by atoms with Crippen molar-refractivity contribution in [2.24, 2.45) is 0 Å². The number of anilines is 2. The molecule has 1 aromatic heterocycles. The first-order valence-electron chi connectivity index (χ1n) is 8.38. The monoisotopic (exact) mass is 379 g/mol. The maximum atomic E-state index is 12.4. The second kappa shape index (κ2) is 8.47. The van der Waals surface area contributed by atoms with E-state index in [1.807, 2.05) is 24.3 Å². The molecule has 2 aromatic carbocycles. The smallest absolute Gasteiger partial charge is 0.255 e. The van der Waals surface area contributed by atoms with Gasteiger partial charge in [0.15, 0.2) is 5.78 Å². The van der Waals surface area contributed by atoms with Crippen LogP contribution in [0.5, 0.6) is 0 Å². The molecule has 1 heterocycles. The average Bonchev–Trinajstić information content (AvgIpc) is 2.68. The fraction of sp³-hybridized carbons (Fsp3) is 0.0952. The van der Waals surface area contributed by atoms with E-state index in [9.17, 15) is 9.59 Å². The zero-order valence-electron chi connectivity index (χ0n) is 14.7. The van der Waals surface area contributed by atoms with E-state index in [-0.39, 0.29) is 11.7 Å². The van der Waals surface area contributed by atoms with Crippen LogP contribution in [0.1, 0.15) is 33.2 Å². The summed E-state index contributed by atoms with van der Waals surface area (Å²) in [7, 11) is 0. The van der Waals surface area contributed by atoms with Crippen molar-refractivity contribution in [1.29, 1.82) is 0 Å². The summed E-state index contributed by atoms with van der Waals surface area (Å²) in [5.41, 5.74) is 2.77. The summed E-state index contributed by atoms with van der Waals surface area (Å²) in [6, 6.07) is 17.6. The lowest BCUT2D eigenvalue weighted by molar-refractivity contribution is 0.101. The van der Waals surface area contributed by atoms with Crippen LogP contribution in [0.2, 0.25) is 5.02 Å². The van der Waals surface area contributed by atoms with Gasteiger partial charge in [0.05, 0.1) is 0 Å². The number of hydrogen-bond acceptors (Lipinski definition) is 4. The zero-order valence-corrected chi connectivity index (χ0v) is 15.5. The number of halogens is 1. The second-order valence-corrected chi connectivity index (χ2v) is 6.43. The Morgan fingerprint density at radius 1 is 0.963 bits per heavy atom. The molecule has 0 aliphatic heterocycles. The highest BCUT2D eigenvalue weighted by Crippen LogP contribution is 2.15. The van der Waals surface area contributed by atoms with E-state index >= 15 is 0 Å². The number of hydrogen-bond donors (Lipinski definition) is 2. The Kier molecular flexibility index (Phi) is 5.84. The molecule has 2 N–H and O–H groups in total. The van der Waals surface area contributed by atoms with Crippen LogP contribution in [0.15, 0.2) is 66.9 Å². The molecule has 0 saturated heterocycles. The molecule has 3 rings (SSSR count). The van der Waals surface area contributed by atoms with E-state index in [2.05, 4.69) is 15.6 Å². The quantitative estimate of drug-likeness (QED) is 0.603. The molecule has 6 heteroatoms. The van der Waals surface area contributed by atoms with Gasteiger partial charge >= 0.3 is 0 Å². The largest absolute Gasteiger partial charge is 0.366 e. The van der Waals surface area contributed by atoms with Crippen molar-refractivity contribution in [3.8, 4) is 0 Å². The van der Waals surface area contributed by atoms with Crippen LogP contribution < -0.4 is 10.6 Å². The minimum atomic E-state index is -0.248. The van der Waals surface area contributed by atoms with Crippen molar-refractivity contribution in [2.75, 3.05) is 10.6 Å². The van der Waals surface area contributed by atoms with E-state index < -0.39 is 0 Å². The van der Waals surface area contributed by atoms with Gasteiger partial charge in [0.2, 0.25) is 0 Å². The summed E-state index contributed by atoms with van der Waals surface area (Å²) in [5.74, 6) is 0.338. The number of nitrogens with zero attached hydrogens (tertiary/aromatic N) is 1. The first kappa shape index (κ1) is 18.6. The molecule has 0 spiro atoms. The van der Waals surface area contributed by atoms with E-state index in [4.69, 9.17) is 11.6 Å². The SMILES string of the molecule is CC(=O)c1ccc(NC(=O)c2ccnc(NCc3ccc(Cl)cc3)c2)cc1. The number of rotatable bonds is 6. The van der Waals surface area contributed by atoms with Gasteiger partial charge in [-0.1, -0.05) is 23.7 Å². The average molecular weight is 380 g/mol. The Morgan fingerprint density at radius 3 is 2.33 bits per heavy atom. The van der Waals surface area contributed by atoms with Crippen LogP contribution in [0.3, 0.4) is 0 Å². The van der Waals surface area contributed by atoms with Crippen LogP contribution >= 0.6 is 11.6 Å². The predicted octanol–water partition coefficient (Wildman–Crippen LogP) is 4.80. The summed E-state index contributed by atoms with van der Waals surface area (Å²) in [6.07, 6.45) is 1.58. The molecule has 0 aliphatic rings. The summed E-state index contributed by atoms with van der Waals surface area (Å²) in [4.78, 5) is 28.0. The van der Waals surface area contributed by atoms with Crippen molar-refractivity contribution in [3.63, 3.8) is 0 Å². The lowest BCUT2D eigenvalue weighted by Gasteiger charge is -2.09. The second-order valence-electron chi connectivity index (χ2n) is 6.00. The zero-order chi connectivity index (χ0) is 19.2. The molecule has 3 aromatic rings. The van der Waals surface area contributed by atoms with Crippen molar-refractivity contribution >= 4 is 34.8 Å². The van der Waals surface area contributed by atoms with Gasteiger partial charge in [0.1, 0.15) is 5.82 Å². The van der Waals surface area contributed by atoms with E-state index in [0.29, 0.717) is 34.2 Å². The number of pyridine rings is 1. The molecule has 1 amide bonds. The highest BCUT2D eigenvalue weighted by molar-refractivity contribution is 6.30. The fourth-order valence-corrected chi connectivity index (χ4v) is 2.58. The Bertz CT molecular complexity index is 954. The number of Topliss-reactive ketones (excluding diaryl/α,β-unsaturated/α-hetero) is 1. The highest BCUT2D eigenvalue weighted by atomic mass is 35.5. The van der Waals surface area contributed by atoms with Crippen LogP contribution in [0, 0.1) is 0 Å². The molecule has 0 unspecified atom stereocenters. The van der Waals surface area contributed by atoms with Gasteiger partial charge in [-0.15, -0.1) is 0 Å². The third kappa shape index (κ3) is 5.15. The molecule has 0 saturated carbocycles. The van der Waals surface area contributed by atoms with Crippen molar-refractivity contribution in [1.82, 2.24) is 4.98 Å². The molecular weight excluding hydrogens is 362 g/mol. The Balaban J connectivity index is 1.64. The van der Waals surface area contributed by atoms with Crippen LogP contribution in [-0.2, 0) is 6.54 Å². The van der Waals surface area contributed by atoms with Crippen LogP contribution in [0.25, 0.3) is 0 Å². The molecule has 0 fully saturated rings. The third-order valence-corrected chi connectivity index (χ3v) is 4.21. The fourth-order valence-electron chi connectivity index (χ4n) is 2.45. The molecule has 0 radical (unpaired) electrons. The summed E-state index contributed by atoms with van der Waals surface area (Å²) < 4.78 is 0. The number of benzene rings is 2. The summed E-state index contributed by atoms with van der Waals surface area (Å²) in [6.45, 7) is 2.07. The van der Waals surface area contributed by atoms with E-state index in [1.54, 1.807) is 42.6 Å². The van der Waals surface area contributed by atoms with Gasteiger partial charge in [0.25, 0.3) is 5.91 Å². The first-order valence-corrected chi connectivity index (χ1v) is 8.76.